The second kappa shape index (κ2) is 6.18. The minimum absolute atomic E-state index is 0.735. The number of likely N-dealkylation sites (tertiary alicyclic amines) is 1. The number of benzene rings is 1. The zero-order valence-corrected chi connectivity index (χ0v) is 11.1. The molecule has 1 atom stereocenters. The molecule has 2 rings (SSSR count). The van der Waals surface area contributed by atoms with Gasteiger partial charge in [0.25, 0.3) is 0 Å². The van der Waals surface area contributed by atoms with Gasteiger partial charge in [0.05, 0.1) is 0 Å². The molecule has 1 aliphatic heterocycles. The van der Waals surface area contributed by atoms with Gasteiger partial charge in [0.1, 0.15) is 0 Å². The number of hydrogen-bond donors (Lipinski definition) is 0. The lowest BCUT2D eigenvalue weighted by atomic mass is 10.0. The second-order valence-electron chi connectivity index (χ2n) is 5.37. The molecule has 0 aromatic heterocycles. The fraction of sp³-hybridized carbons (Fsp3) is 0.600. The van der Waals surface area contributed by atoms with Gasteiger partial charge >= 0.3 is 0 Å². The van der Waals surface area contributed by atoms with Crippen molar-refractivity contribution >= 4 is 0 Å². The summed E-state index contributed by atoms with van der Waals surface area (Å²) in [6, 6.07) is 11.6. The molecule has 0 bridgehead atoms. The fourth-order valence-corrected chi connectivity index (χ4v) is 2.71. The highest BCUT2D eigenvalue weighted by atomic mass is 15.2. The topological polar surface area (TPSA) is 6.48 Å². The molecule has 2 nitrogen and oxygen atoms in total. The summed E-state index contributed by atoms with van der Waals surface area (Å²) in [6.07, 6.45) is 4.10. The molecule has 1 aromatic rings. The van der Waals surface area contributed by atoms with Crippen molar-refractivity contribution in [1.82, 2.24) is 9.80 Å². The summed E-state index contributed by atoms with van der Waals surface area (Å²) in [5.74, 6) is 0. The maximum atomic E-state index is 2.65. The van der Waals surface area contributed by atoms with Gasteiger partial charge in [-0.1, -0.05) is 36.8 Å². The van der Waals surface area contributed by atoms with E-state index in [0.717, 1.165) is 12.6 Å². The molecular formula is C15H24N2. The van der Waals surface area contributed by atoms with Crippen LogP contribution in [0.1, 0.15) is 24.8 Å². The van der Waals surface area contributed by atoms with Crippen LogP contribution in [0.25, 0.3) is 0 Å². The molecule has 0 unspecified atom stereocenters. The molecule has 0 amide bonds. The highest BCUT2D eigenvalue weighted by molar-refractivity contribution is 5.14. The van der Waals surface area contributed by atoms with E-state index in [2.05, 4.69) is 54.2 Å². The first-order chi connectivity index (χ1) is 8.25. The Morgan fingerprint density at radius 2 is 1.94 bits per heavy atom. The van der Waals surface area contributed by atoms with Gasteiger partial charge in [-0.15, -0.1) is 0 Å². The van der Waals surface area contributed by atoms with E-state index < -0.39 is 0 Å². The summed E-state index contributed by atoms with van der Waals surface area (Å²) >= 11 is 0. The van der Waals surface area contributed by atoms with Crippen molar-refractivity contribution in [2.24, 2.45) is 0 Å². The van der Waals surface area contributed by atoms with E-state index in [4.69, 9.17) is 0 Å². The summed E-state index contributed by atoms with van der Waals surface area (Å²) in [6.45, 7) is 3.56. The normalized spacial score (nSPS) is 21.9. The summed E-state index contributed by atoms with van der Waals surface area (Å²) < 4.78 is 0. The monoisotopic (exact) mass is 232 g/mol. The number of hydrogen-bond acceptors (Lipinski definition) is 2. The molecule has 17 heavy (non-hydrogen) atoms. The molecule has 1 heterocycles. The SMILES string of the molecule is CN(C)C[C@@H]1CCCCN1Cc1ccccc1. The molecule has 0 N–H and O–H groups in total. The summed E-state index contributed by atoms with van der Waals surface area (Å²) in [4.78, 5) is 4.97. The van der Waals surface area contributed by atoms with E-state index >= 15 is 0 Å². The zero-order chi connectivity index (χ0) is 12.1. The van der Waals surface area contributed by atoms with Crippen molar-refractivity contribution in [3.63, 3.8) is 0 Å². The lowest BCUT2D eigenvalue weighted by Gasteiger charge is -2.37. The first kappa shape index (κ1) is 12.6. The molecular weight excluding hydrogens is 208 g/mol. The minimum Gasteiger partial charge on any atom is -0.308 e. The lowest BCUT2D eigenvalue weighted by Crippen LogP contribution is -2.44. The lowest BCUT2D eigenvalue weighted by molar-refractivity contribution is 0.114. The molecule has 0 radical (unpaired) electrons. The fourth-order valence-electron chi connectivity index (χ4n) is 2.71. The Bertz CT molecular complexity index is 321. The van der Waals surface area contributed by atoms with Crippen LogP contribution in [-0.4, -0.2) is 43.0 Å². The van der Waals surface area contributed by atoms with Crippen LogP contribution in [0.15, 0.2) is 30.3 Å². The van der Waals surface area contributed by atoms with Gasteiger partial charge in [-0.25, -0.2) is 0 Å². The molecule has 1 fully saturated rings. The van der Waals surface area contributed by atoms with Gasteiger partial charge in [0.15, 0.2) is 0 Å². The van der Waals surface area contributed by atoms with Crippen LogP contribution >= 0.6 is 0 Å². The van der Waals surface area contributed by atoms with Gasteiger partial charge in [-0.2, -0.15) is 0 Å². The first-order valence-electron chi connectivity index (χ1n) is 6.68. The maximum Gasteiger partial charge on any atom is 0.0237 e. The van der Waals surface area contributed by atoms with Crippen molar-refractivity contribution in [3.05, 3.63) is 35.9 Å². The minimum atomic E-state index is 0.735. The van der Waals surface area contributed by atoms with Crippen LogP contribution in [-0.2, 0) is 6.54 Å². The molecule has 2 heteroatoms. The van der Waals surface area contributed by atoms with E-state index in [1.54, 1.807) is 0 Å². The molecule has 0 spiro atoms. The largest absolute Gasteiger partial charge is 0.308 e. The smallest absolute Gasteiger partial charge is 0.0237 e. The Kier molecular flexibility index (Phi) is 4.57. The average molecular weight is 232 g/mol. The first-order valence-corrected chi connectivity index (χ1v) is 6.68. The molecule has 0 saturated carbocycles. The standard InChI is InChI=1S/C15H24N2/c1-16(2)13-15-10-6-7-11-17(15)12-14-8-4-3-5-9-14/h3-5,8-9,15H,6-7,10-13H2,1-2H3/t15-/m0/s1. The van der Waals surface area contributed by atoms with E-state index in [-0.39, 0.29) is 0 Å². The van der Waals surface area contributed by atoms with Crippen LogP contribution in [0.4, 0.5) is 0 Å². The summed E-state index contributed by atoms with van der Waals surface area (Å²) in [5.41, 5.74) is 1.44. The van der Waals surface area contributed by atoms with Gasteiger partial charge in [0.2, 0.25) is 0 Å². The van der Waals surface area contributed by atoms with Gasteiger partial charge < -0.3 is 4.90 Å². The van der Waals surface area contributed by atoms with Crippen molar-refractivity contribution in [1.29, 1.82) is 0 Å². The Hall–Kier alpha value is -0.860. The van der Waals surface area contributed by atoms with Gasteiger partial charge in [-0.3, -0.25) is 4.90 Å². The predicted molar refractivity (Wildman–Crippen MR) is 73.0 cm³/mol. The number of nitrogens with zero attached hydrogens (tertiary/aromatic N) is 2. The summed E-state index contributed by atoms with van der Waals surface area (Å²) in [5, 5.41) is 0. The highest BCUT2D eigenvalue weighted by Gasteiger charge is 2.22. The zero-order valence-electron chi connectivity index (χ0n) is 11.1. The van der Waals surface area contributed by atoms with E-state index in [1.165, 1.54) is 37.9 Å². The third kappa shape index (κ3) is 3.83. The number of piperidine rings is 1. The van der Waals surface area contributed by atoms with Gasteiger partial charge in [-0.05, 0) is 39.0 Å². The Balaban J connectivity index is 1.96. The number of likely N-dealkylation sites (N-methyl/N-ethyl adjacent to an activating group) is 1. The highest BCUT2D eigenvalue weighted by Crippen LogP contribution is 2.19. The summed E-state index contributed by atoms with van der Waals surface area (Å²) in [7, 11) is 4.35. The van der Waals surface area contributed by atoms with E-state index in [0.29, 0.717) is 0 Å². The third-order valence-electron chi connectivity index (χ3n) is 3.55. The maximum absolute atomic E-state index is 2.65. The van der Waals surface area contributed by atoms with Crippen molar-refractivity contribution in [3.8, 4) is 0 Å². The van der Waals surface area contributed by atoms with Crippen molar-refractivity contribution in [2.75, 3.05) is 27.2 Å². The van der Waals surface area contributed by atoms with Crippen LogP contribution in [0.3, 0.4) is 0 Å². The van der Waals surface area contributed by atoms with Crippen LogP contribution in [0.2, 0.25) is 0 Å². The van der Waals surface area contributed by atoms with E-state index in [9.17, 15) is 0 Å². The molecule has 0 aliphatic carbocycles. The van der Waals surface area contributed by atoms with Crippen molar-refractivity contribution < 1.29 is 0 Å². The molecule has 1 aliphatic rings. The molecule has 94 valence electrons. The Morgan fingerprint density at radius 1 is 1.18 bits per heavy atom. The second-order valence-corrected chi connectivity index (χ2v) is 5.37. The number of rotatable bonds is 4. The predicted octanol–water partition coefficient (Wildman–Crippen LogP) is 2.60. The third-order valence-corrected chi connectivity index (χ3v) is 3.55. The van der Waals surface area contributed by atoms with Crippen molar-refractivity contribution in [2.45, 2.75) is 31.8 Å². The van der Waals surface area contributed by atoms with Crippen LogP contribution in [0, 0.1) is 0 Å². The Labute approximate surface area is 105 Å². The molecule has 1 aromatic carbocycles. The van der Waals surface area contributed by atoms with Crippen LogP contribution in [0.5, 0.6) is 0 Å². The van der Waals surface area contributed by atoms with E-state index in [1.807, 2.05) is 0 Å². The van der Waals surface area contributed by atoms with Gasteiger partial charge in [0, 0.05) is 19.1 Å². The van der Waals surface area contributed by atoms with Crippen LogP contribution < -0.4 is 0 Å². The Morgan fingerprint density at radius 3 is 2.65 bits per heavy atom. The quantitative estimate of drug-likeness (QED) is 0.787. The molecule has 1 saturated heterocycles. The average Bonchev–Trinajstić information content (AvgIpc) is 2.32.